The number of rotatable bonds is 7. The zero-order valence-corrected chi connectivity index (χ0v) is 22.4. The van der Waals surface area contributed by atoms with Gasteiger partial charge in [0.25, 0.3) is 0 Å². The second kappa shape index (κ2) is 13.1. The molecule has 1 amide bonds. The number of likely N-dealkylation sites (tertiary alicyclic amines) is 1. The molecular formula is C26H37Cl2N3O3. The van der Waals surface area contributed by atoms with Crippen LogP contribution in [0.3, 0.4) is 0 Å². The lowest BCUT2D eigenvalue weighted by molar-refractivity contribution is -0.145. The zero-order chi connectivity index (χ0) is 23.4. The summed E-state index contributed by atoms with van der Waals surface area (Å²) in [5.74, 6) is -0.0330. The SMILES string of the molecule is COC(=O)C1CCN(C(=O)Cc2c(C)nc(CC(C)C)c(CN)c2-c2ccc(C)cc2)C1.Cl.Cl. The molecule has 0 spiro atoms. The summed E-state index contributed by atoms with van der Waals surface area (Å²) in [6, 6.07) is 8.36. The molecular weight excluding hydrogens is 473 g/mol. The van der Waals surface area contributed by atoms with Crippen LogP contribution >= 0.6 is 24.8 Å². The molecule has 3 rings (SSSR count). The van der Waals surface area contributed by atoms with Crippen molar-refractivity contribution in [2.45, 2.75) is 53.5 Å². The number of halogens is 2. The van der Waals surface area contributed by atoms with Crippen LogP contribution in [0, 0.1) is 25.7 Å². The van der Waals surface area contributed by atoms with Crippen LogP contribution in [0.2, 0.25) is 0 Å². The smallest absolute Gasteiger partial charge is 0.310 e. The summed E-state index contributed by atoms with van der Waals surface area (Å²) in [5.41, 5.74) is 13.3. The van der Waals surface area contributed by atoms with Crippen molar-refractivity contribution in [1.82, 2.24) is 9.88 Å². The van der Waals surface area contributed by atoms with Crippen LogP contribution in [-0.4, -0.2) is 42.0 Å². The van der Waals surface area contributed by atoms with Gasteiger partial charge in [-0.1, -0.05) is 43.7 Å². The average molecular weight is 511 g/mol. The summed E-state index contributed by atoms with van der Waals surface area (Å²) < 4.78 is 4.86. The largest absolute Gasteiger partial charge is 0.469 e. The lowest BCUT2D eigenvalue weighted by atomic mass is 9.88. The van der Waals surface area contributed by atoms with E-state index in [0.29, 0.717) is 32.0 Å². The van der Waals surface area contributed by atoms with Crippen LogP contribution in [-0.2, 0) is 33.7 Å². The van der Waals surface area contributed by atoms with Crippen LogP contribution in [0.25, 0.3) is 11.1 Å². The highest BCUT2D eigenvalue weighted by Crippen LogP contribution is 2.33. The molecule has 6 nitrogen and oxygen atoms in total. The van der Waals surface area contributed by atoms with E-state index >= 15 is 0 Å². The Morgan fingerprint density at radius 3 is 2.35 bits per heavy atom. The number of nitrogens with two attached hydrogens (primary N) is 1. The number of aryl methyl sites for hydroxylation is 2. The fraction of sp³-hybridized carbons (Fsp3) is 0.500. The fourth-order valence-electron chi connectivity index (χ4n) is 4.51. The van der Waals surface area contributed by atoms with E-state index in [-0.39, 0.29) is 49.0 Å². The summed E-state index contributed by atoms with van der Waals surface area (Å²) in [7, 11) is 1.39. The highest BCUT2D eigenvalue weighted by molar-refractivity contribution is 5.86. The van der Waals surface area contributed by atoms with E-state index in [1.54, 1.807) is 4.90 Å². The predicted octanol–water partition coefficient (Wildman–Crippen LogP) is 4.43. The third kappa shape index (κ3) is 6.71. The standard InChI is InChI=1S/C26H35N3O3.2ClH/c1-16(2)12-23-22(14-27)25(19-8-6-17(3)7-9-19)21(18(4)28-23)13-24(30)29-11-10-20(15-29)26(31)32-5;;/h6-9,16,20H,10-15,27H2,1-5H3;2*1H. The highest BCUT2D eigenvalue weighted by Gasteiger charge is 2.32. The first-order chi connectivity index (χ1) is 15.2. The number of aromatic nitrogens is 1. The van der Waals surface area contributed by atoms with Gasteiger partial charge in [0.05, 0.1) is 19.4 Å². The molecule has 34 heavy (non-hydrogen) atoms. The molecule has 1 aliphatic heterocycles. The van der Waals surface area contributed by atoms with Gasteiger partial charge in [-0.2, -0.15) is 0 Å². The summed E-state index contributed by atoms with van der Waals surface area (Å²) in [5, 5.41) is 0. The number of benzene rings is 1. The molecule has 0 aliphatic carbocycles. The number of nitrogens with zero attached hydrogens (tertiary/aromatic N) is 2. The highest BCUT2D eigenvalue weighted by atomic mass is 35.5. The molecule has 0 radical (unpaired) electrons. The second-order valence-electron chi connectivity index (χ2n) is 9.17. The monoisotopic (exact) mass is 509 g/mol. The molecule has 1 aliphatic rings. The molecule has 1 fully saturated rings. The van der Waals surface area contributed by atoms with Gasteiger partial charge in [0.1, 0.15) is 0 Å². The average Bonchev–Trinajstić information content (AvgIpc) is 3.25. The normalized spacial score (nSPS) is 15.0. The third-order valence-corrected chi connectivity index (χ3v) is 6.24. The number of amides is 1. The van der Waals surface area contributed by atoms with E-state index in [1.165, 1.54) is 12.7 Å². The number of pyridine rings is 1. The van der Waals surface area contributed by atoms with E-state index in [2.05, 4.69) is 45.0 Å². The molecule has 0 saturated carbocycles. The number of ether oxygens (including phenoxy) is 1. The van der Waals surface area contributed by atoms with Crippen molar-refractivity contribution >= 4 is 36.7 Å². The number of hydrogen-bond acceptors (Lipinski definition) is 5. The molecule has 1 unspecified atom stereocenters. The summed E-state index contributed by atoms with van der Waals surface area (Å²) in [6.07, 6.45) is 1.72. The Kier molecular flexibility index (Phi) is 11.5. The van der Waals surface area contributed by atoms with E-state index in [0.717, 1.165) is 40.1 Å². The van der Waals surface area contributed by atoms with Crippen LogP contribution in [0.4, 0.5) is 0 Å². The van der Waals surface area contributed by atoms with E-state index in [4.69, 9.17) is 15.5 Å². The van der Waals surface area contributed by atoms with Crippen molar-refractivity contribution in [3.8, 4) is 11.1 Å². The number of methoxy groups -OCH3 is 1. The minimum absolute atomic E-state index is 0. The van der Waals surface area contributed by atoms with Crippen molar-refractivity contribution in [3.05, 3.63) is 52.3 Å². The van der Waals surface area contributed by atoms with Gasteiger partial charge in [0.2, 0.25) is 5.91 Å². The molecule has 2 N–H and O–H groups in total. The molecule has 1 aromatic heterocycles. The van der Waals surface area contributed by atoms with Gasteiger partial charge in [0, 0.05) is 31.0 Å². The molecule has 1 atom stereocenters. The molecule has 8 heteroatoms. The summed E-state index contributed by atoms with van der Waals surface area (Å²) >= 11 is 0. The first-order valence-electron chi connectivity index (χ1n) is 11.4. The Hall–Kier alpha value is -2.15. The van der Waals surface area contributed by atoms with Gasteiger partial charge in [-0.25, -0.2) is 0 Å². The van der Waals surface area contributed by atoms with Gasteiger partial charge in [-0.3, -0.25) is 14.6 Å². The minimum atomic E-state index is -0.248. The maximum Gasteiger partial charge on any atom is 0.310 e. The predicted molar refractivity (Wildman–Crippen MR) is 140 cm³/mol. The van der Waals surface area contributed by atoms with Crippen molar-refractivity contribution in [1.29, 1.82) is 0 Å². The van der Waals surface area contributed by atoms with Gasteiger partial charge >= 0.3 is 5.97 Å². The number of carbonyl (C=O) groups is 2. The Morgan fingerprint density at radius 2 is 1.79 bits per heavy atom. The minimum Gasteiger partial charge on any atom is -0.469 e. The van der Waals surface area contributed by atoms with Gasteiger partial charge in [-0.05, 0) is 54.9 Å². The van der Waals surface area contributed by atoms with E-state index < -0.39 is 0 Å². The number of hydrogen-bond donors (Lipinski definition) is 1. The van der Waals surface area contributed by atoms with Gasteiger partial charge in [-0.15, -0.1) is 24.8 Å². The topological polar surface area (TPSA) is 85.5 Å². The first-order valence-corrected chi connectivity index (χ1v) is 11.4. The number of esters is 1. The molecule has 1 aromatic carbocycles. The van der Waals surface area contributed by atoms with Crippen molar-refractivity contribution in [2.24, 2.45) is 17.6 Å². The fourth-order valence-corrected chi connectivity index (χ4v) is 4.51. The molecule has 0 bridgehead atoms. The Labute approximate surface area is 215 Å². The lowest BCUT2D eigenvalue weighted by Crippen LogP contribution is -2.32. The molecule has 1 saturated heterocycles. The van der Waals surface area contributed by atoms with Crippen molar-refractivity contribution < 1.29 is 14.3 Å². The van der Waals surface area contributed by atoms with Crippen LogP contribution in [0.1, 0.15) is 48.3 Å². The van der Waals surface area contributed by atoms with Crippen molar-refractivity contribution in [3.63, 3.8) is 0 Å². The van der Waals surface area contributed by atoms with Crippen molar-refractivity contribution in [2.75, 3.05) is 20.2 Å². The Bertz CT molecular complexity index is 994. The molecule has 2 heterocycles. The maximum atomic E-state index is 13.2. The van der Waals surface area contributed by atoms with E-state index in [9.17, 15) is 9.59 Å². The number of carbonyl (C=O) groups excluding carboxylic acids is 2. The Balaban J connectivity index is 0.00000289. The molecule has 188 valence electrons. The zero-order valence-electron chi connectivity index (χ0n) is 20.7. The van der Waals surface area contributed by atoms with Gasteiger partial charge < -0.3 is 15.4 Å². The Morgan fingerprint density at radius 1 is 1.15 bits per heavy atom. The lowest BCUT2D eigenvalue weighted by Gasteiger charge is -2.23. The third-order valence-electron chi connectivity index (χ3n) is 6.24. The summed E-state index contributed by atoms with van der Waals surface area (Å²) in [4.78, 5) is 31.8. The molecule has 2 aromatic rings. The van der Waals surface area contributed by atoms with Crippen LogP contribution in [0.15, 0.2) is 24.3 Å². The second-order valence-corrected chi connectivity index (χ2v) is 9.17. The quantitative estimate of drug-likeness (QED) is 0.557. The maximum absolute atomic E-state index is 13.2. The summed E-state index contributed by atoms with van der Waals surface area (Å²) in [6.45, 7) is 9.73. The van der Waals surface area contributed by atoms with Crippen LogP contribution < -0.4 is 5.73 Å². The van der Waals surface area contributed by atoms with Crippen LogP contribution in [0.5, 0.6) is 0 Å². The van der Waals surface area contributed by atoms with Gasteiger partial charge in [0.15, 0.2) is 0 Å². The first kappa shape index (κ1) is 29.9. The van der Waals surface area contributed by atoms with E-state index in [1.807, 2.05) is 6.92 Å².